The van der Waals surface area contributed by atoms with E-state index in [4.69, 9.17) is 23.8 Å². The molecule has 2 rings (SSSR count). The highest BCUT2D eigenvalue weighted by atomic mass is 31.2. The number of nitriles is 1. The van der Waals surface area contributed by atoms with Crippen LogP contribution in [0.4, 0.5) is 0 Å². The second kappa shape index (κ2) is 13.8. The summed E-state index contributed by atoms with van der Waals surface area (Å²) in [6.45, 7) is 9.85. The fourth-order valence-electron chi connectivity index (χ4n) is 3.52. The molecule has 0 radical (unpaired) electrons. The van der Waals surface area contributed by atoms with Crippen LogP contribution in [0.1, 0.15) is 50.8 Å². The number of methoxy groups -OCH3 is 1. The first-order valence-electron chi connectivity index (χ1n) is 11.0. The van der Waals surface area contributed by atoms with Crippen LogP contribution >= 0.6 is 8.53 Å². The maximum Gasteiger partial charge on any atom is 0.259 e. The van der Waals surface area contributed by atoms with E-state index >= 15 is 0 Å². The van der Waals surface area contributed by atoms with Gasteiger partial charge in [0.2, 0.25) is 0 Å². The van der Waals surface area contributed by atoms with Gasteiger partial charge in [0.05, 0.1) is 38.9 Å². The zero-order valence-electron chi connectivity index (χ0n) is 19.7. The highest BCUT2D eigenvalue weighted by molar-refractivity contribution is 7.44. The smallest absolute Gasteiger partial charge is 0.259 e. The minimum absolute atomic E-state index is 0.119. The molecule has 7 nitrogen and oxygen atoms in total. The summed E-state index contributed by atoms with van der Waals surface area (Å²) in [5, 5.41) is 8.88. The Bertz CT molecular complexity index is 798. The van der Waals surface area contributed by atoms with Crippen molar-refractivity contribution in [2.75, 3.05) is 26.9 Å². The monoisotopic (exact) mass is 462 g/mol. The van der Waals surface area contributed by atoms with Crippen molar-refractivity contribution in [3.8, 4) is 6.07 Å². The molecule has 8 heteroatoms. The molecule has 1 aromatic carbocycles. The molecule has 0 saturated heterocycles. The summed E-state index contributed by atoms with van der Waals surface area (Å²) in [5.74, 6) is 0.119. The summed E-state index contributed by atoms with van der Waals surface area (Å²) in [6, 6.07) is 8.62. The lowest BCUT2D eigenvalue weighted by molar-refractivity contribution is -0.114. The standard InChI is InChI=1S/C24H35N2O5P/c1-18(2)26(19(3)4)32(30-12-6-11-25)31-24(16-28-5)17-29-15-20-7-8-21-9-10-23(27)14-22(21)13-20/h7-10,13,18-19,24H,6,12,14-17H2,1-5H3. The zero-order valence-corrected chi connectivity index (χ0v) is 20.6. The summed E-state index contributed by atoms with van der Waals surface area (Å²) in [6.07, 6.45) is 3.92. The molecule has 32 heavy (non-hydrogen) atoms. The topological polar surface area (TPSA) is 81.0 Å². The highest BCUT2D eigenvalue weighted by Crippen LogP contribution is 2.47. The van der Waals surface area contributed by atoms with Gasteiger partial charge in [-0.05, 0) is 50.5 Å². The first-order valence-corrected chi connectivity index (χ1v) is 12.1. The first-order chi connectivity index (χ1) is 15.3. The summed E-state index contributed by atoms with van der Waals surface area (Å²) in [4.78, 5) is 11.7. The van der Waals surface area contributed by atoms with Gasteiger partial charge in [0.15, 0.2) is 5.78 Å². The second-order valence-corrected chi connectivity index (χ2v) is 9.66. The predicted molar refractivity (Wildman–Crippen MR) is 126 cm³/mol. The van der Waals surface area contributed by atoms with E-state index in [-0.39, 0.29) is 24.0 Å². The van der Waals surface area contributed by atoms with E-state index in [0.717, 1.165) is 16.7 Å². The van der Waals surface area contributed by atoms with E-state index in [1.165, 1.54) is 0 Å². The van der Waals surface area contributed by atoms with Gasteiger partial charge >= 0.3 is 0 Å². The number of carbonyl (C=O) groups is 1. The van der Waals surface area contributed by atoms with Crippen molar-refractivity contribution in [3.63, 3.8) is 0 Å². The SMILES string of the molecule is COCC(COCc1ccc2c(c1)CC(=O)C=C2)OP(OCCC#N)N(C(C)C)C(C)C. The third-order valence-electron chi connectivity index (χ3n) is 4.85. The molecule has 0 amide bonds. The fraction of sp³-hybridized carbons (Fsp3) is 0.583. The lowest BCUT2D eigenvalue weighted by Crippen LogP contribution is -2.36. The van der Waals surface area contributed by atoms with Crippen molar-refractivity contribution in [1.82, 2.24) is 4.67 Å². The molecule has 0 aromatic heterocycles. The van der Waals surface area contributed by atoms with Gasteiger partial charge < -0.3 is 18.5 Å². The molecule has 2 atom stereocenters. The molecule has 176 valence electrons. The molecule has 2 unspecified atom stereocenters. The van der Waals surface area contributed by atoms with Crippen molar-refractivity contribution < 1.29 is 23.3 Å². The number of rotatable bonds is 14. The van der Waals surface area contributed by atoms with Crippen molar-refractivity contribution in [2.45, 2.75) is 65.3 Å². The zero-order chi connectivity index (χ0) is 23.5. The van der Waals surface area contributed by atoms with Crippen LogP contribution in [0, 0.1) is 11.3 Å². The minimum atomic E-state index is -1.37. The van der Waals surface area contributed by atoms with Gasteiger partial charge in [-0.3, -0.25) is 4.79 Å². The first kappa shape index (κ1) is 26.6. The average molecular weight is 463 g/mol. The maximum absolute atomic E-state index is 11.7. The summed E-state index contributed by atoms with van der Waals surface area (Å²) < 4.78 is 25.8. The van der Waals surface area contributed by atoms with Crippen LogP contribution in [0.5, 0.6) is 0 Å². The molecule has 1 aliphatic rings. The normalized spacial score (nSPS) is 15.3. The Kier molecular flexibility index (Phi) is 11.5. The Labute approximate surface area is 193 Å². The summed E-state index contributed by atoms with van der Waals surface area (Å²) >= 11 is 0. The van der Waals surface area contributed by atoms with Crippen molar-refractivity contribution >= 4 is 20.4 Å². The van der Waals surface area contributed by atoms with Gasteiger partial charge in [-0.1, -0.05) is 24.3 Å². The molecule has 1 aromatic rings. The van der Waals surface area contributed by atoms with E-state index in [9.17, 15) is 4.79 Å². The van der Waals surface area contributed by atoms with Crippen molar-refractivity contribution in [3.05, 3.63) is 41.0 Å². The molecule has 0 aliphatic heterocycles. The molecule has 0 fully saturated rings. The van der Waals surface area contributed by atoms with E-state index in [1.807, 2.05) is 24.3 Å². The van der Waals surface area contributed by atoms with Gasteiger partial charge in [0, 0.05) is 25.6 Å². The Morgan fingerprint density at radius 2 is 1.91 bits per heavy atom. The number of ketones is 1. The van der Waals surface area contributed by atoms with Crippen molar-refractivity contribution in [2.24, 2.45) is 0 Å². The summed E-state index contributed by atoms with van der Waals surface area (Å²) in [7, 11) is 0.260. The van der Waals surface area contributed by atoms with Gasteiger partial charge in [-0.15, -0.1) is 0 Å². The lowest BCUT2D eigenvalue weighted by atomic mass is 9.95. The Hall–Kier alpha value is -1.65. The summed E-state index contributed by atoms with van der Waals surface area (Å²) in [5.41, 5.74) is 3.13. The van der Waals surface area contributed by atoms with E-state index in [0.29, 0.717) is 39.3 Å². The third kappa shape index (κ3) is 8.37. The number of nitrogens with zero attached hydrogens (tertiary/aromatic N) is 2. The van der Waals surface area contributed by atoms with Crippen LogP contribution in [0.2, 0.25) is 0 Å². The van der Waals surface area contributed by atoms with Crippen LogP contribution in [0.25, 0.3) is 6.08 Å². The molecule has 0 N–H and O–H groups in total. The molecule has 0 spiro atoms. The van der Waals surface area contributed by atoms with Crippen LogP contribution in [0.3, 0.4) is 0 Å². The molecular weight excluding hydrogens is 427 g/mol. The number of fused-ring (bicyclic) bond motifs is 1. The van der Waals surface area contributed by atoms with Gasteiger partial charge in [-0.25, -0.2) is 4.67 Å². The largest absolute Gasteiger partial charge is 0.382 e. The number of ether oxygens (including phenoxy) is 2. The number of hydrogen-bond donors (Lipinski definition) is 0. The quantitative estimate of drug-likeness (QED) is 0.294. The molecule has 0 bridgehead atoms. The molecular formula is C24H35N2O5P. The fourth-order valence-corrected chi connectivity index (χ4v) is 5.20. The Morgan fingerprint density at radius 3 is 2.56 bits per heavy atom. The highest BCUT2D eigenvalue weighted by Gasteiger charge is 2.30. The number of carbonyl (C=O) groups excluding carboxylic acids is 1. The van der Waals surface area contributed by atoms with Crippen LogP contribution in [0.15, 0.2) is 24.3 Å². The van der Waals surface area contributed by atoms with E-state index in [2.05, 4.69) is 38.4 Å². The van der Waals surface area contributed by atoms with Crippen LogP contribution in [-0.2, 0) is 36.3 Å². The number of allylic oxidation sites excluding steroid dienone is 1. The van der Waals surface area contributed by atoms with Gasteiger partial charge in [-0.2, -0.15) is 5.26 Å². The van der Waals surface area contributed by atoms with Crippen LogP contribution < -0.4 is 0 Å². The second-order valence-electron chi connectivity index (χ2n) is 8.25. The molecule has 1 aliphatic carbocycles. The Balaban J connectivity index is 1.99. The van der Waals surface area contributed by atoms with E-state index in [1.54, 1.807) is 13.2 Å². The molecule has 0 heterocycles. The third-order valence-corrected chi connectivity index (χ3v) is 7.03. The lowest BCUT2D eigenvalue weighted by Gasteiger charge is -2.37. The maximum atomic E-state index is 11.7. The molecule has 0 saturated carbocycles. The van der Waals surface area contributed by atoms with Gasteiger partial charge in [0.25, 0.3) is 8.53 Å². The van der Waals surface area contributed by atoms with E-state index < -0.39 is 8.53 Å². The Morgan fingerprint density at radius 1 is 1.16 bits per heavy atom. The minimum Gasteiger partial charge on any atom is -0.382 e. The van der Waals surface area contributed by atoms with Crippen LogP contribution in [-0.4, -0.2) is 55.6 Å². The van der Waals surface area contributed by atoms with Crippen molar-refractivity contribution in [1.29, 1.82) is 5.26 Å². The number of hydrogen-bond acceptors (Lipinski definition) is 7. The van der Waals surface area contributed by atoms with Gasteiger partial charge in [0.1, 0.15) is 6.10 Å². The average Bonchev–Trinajstić information content (AvgIpc) is 2.73. The number of benzene rings is 1. The predicted octanol–water partition coefficient (Wildman–Crippen LogP) is 4.65.